The SMILES string of the molecule is COCCCOc1cc(C[C@@H](C[C@H](N)[C@@H](O)C[C@H](C(=O)N[C@H]2CC[C@@H](O)CC2)C(C)C)C(C)C)ccc1OC. The molecule has 1 aromatic carbocycles. The van der Waals surface area contributed by atoms with Gasteiger partial charge in [0, 0.05) is 38.1 Å². The van der Waals surface area contributed by atoms with Gasteiger partial charge in [-0.25, -0.2) is 0 Å². The lowest BCUT2D eigenvalue weighted by Crippen LogP contribution is -2.46. The third-order valence-electron chi connectivity index (χ3n) is 8.17. The summed E-state index contributed by atoms with van der Waals surface area (Å²) in [7, 11) is 3.31. The van der Waals surface area contributed by atoms with Gasteiger partial charge in [0.2, 0.25) is 5.91 Å². The fraction of sp³-hybridized carbons (Fsp3) is 0.774. The molecule has 4 atom stereocenters. The number of methoxy groups -OCH3 is 2. The Bertz CT molecular complexity index is 840. The summed E-state index contributed by atoms with van der Waals surface area (Å²) >= 11 is 0. The first kappa shape index (κ1) is 33.3. The van der Waals surface area contributed by atoms with E-state index < -0.39 is 12.1 Å². The summed E-state index contributed by atoms with van der Waals surface area (Å²) < 4.78 is 16.5. The van der Waals surface area contributed by atoms with Crippen LogP contribution in [0.3, 0.4) is 0 Å². The average Bonchev–Trinajstić information content (AvgIpc) is 2.90. The number of carbonyl (C=O) groups is 1. The molecule has 0 aliphatic heterocycles. The number of benzene rings is 1. The molecule has 1 aliphatic carbocycles. The number of aliphatic hydroxyl groups excluding tert-OH is 2. The molecule has 39 heavy (non-hydrogen) atoms. The molecule has 0 saturated heterocycles. The summed E-state index contributed by atoms with van der Waals surface area (Å²) in [5.41, 5.74) is 7.70. The Hall–Kier alpha value is -1.87. The third-order valence-corrected chi connectivity index (χ3v) is 8.17. The van der Waals surface area contributed by atoms with E-state index in [0.717, 1.165) is 49.8 Å². The predicted octanol–water partition coefficient (Wildman–Crippen LogP) is 4.09. The van der Waals surface area contributed by atoms with Crippen LogP contribution in [0.25, 0.3) is 0 Å². The third kappa shape index (κ3) is 11.3. The standard InChI is InChI=1S/C31H54N2O6/c1-20(2)23(16-22-8-13-29(38-6)30(17-22)39-15-7-14-37-5)18-27(32)28(35)19-26(21(3)4)31(36)33-24-9-11-25(34)12-10-24/h8,13,17,20-21,23-28,34-35H,7,9-12,14-16,18-19,32H2,1-6H3,(H,33,36)/t23-,24-,25+,26-,27-,28-/m0/s1. The Morgan fingerprint density at radius 2 is 1.72 bits per heavy atom. The van der Waals surface area contributed by atoms with E-state index >= 15 is 0 Å². The van der Waals surface area contributed by atoms with Gasteiger partial charge in [-0.1, -0.05) is 33.8 Å². The first-order chi connectivity index (χ1) is 18.5. The van der Waals surface area contributed by atoms with Crippen LogP contribution in [0.5, 0.6) is 11.5 Å². The highest BCUT2D eigenvalue weighted by Crippen LogP contribution is 2.32. The maximum Gasteiger partial charge on any atom is 0.223 e. The Balaban J connectivity index is 1.99. The number of rotatable bonds is 17. The second-order valence-corrected chi connectivity index (χ2v) is 12.0. The van der Waals surface area contributed by atoms with Crippen LogP contribution in [-0.4, -0.2) is 67.8 Å². The zero-order valence-electron chi connectivity index (χ0n) is 25.0. The largest absolute Gasteiger partial charge is 0.493 e. The second-order valence-electron chi connectivity index (χ2n) is 12.0. The van der Waals surface area contributed by atoms with Crippen LogP contribution in [0.15, 0.2) is 18.2 Å². The lowest BCUT2D eigenvalue weighted by molar-refractivity contribution is -0.128. The van der Waals surface area contributed by atoms with Crippen molar-refractivity contribution in [3.8, 4) is 11.5 Å². The van der Waals surface area contributed by atoms with E-state index in [1.54, 1.807) is 14.2 Å². The molecule has 0 radical (unpaired) electrons. The molecule has 5 N–H and O–H groups in total. The molecule has 8 nitrogen and oxygen atoms in total. The summed E-state index contributed by atoms with van der Waals surface area (Å²) in [6.07, 6.45) is 4.59. The van der Waals surface area contributed by atoms with Crippen molar-refractivity contribution in [3.63, 3.8) is 0 Å². The Kier molecular flexibility index (Phi) is 14.6. The van der Waals surface area contributed by atoms with Crippen molar-refractivity contribution in [3.05, 3.63) is 23.8 Å². The molecular formula is C31H54N2O6. The molecule has 8 heteroatoms. The minimum atomic E-state index is -0.770. The minimum Gasteiger partial charge on any atom is -0.493 e. The minimum absolute atomic E-state index is 0.0192. The van der Waals surface area contributed by atoms with Crippen molar-refractivity contribution in [2.75, 3.05) is 27.4 Å². The van der Waals surface area contributed by atoms with Gasteiger partial charge in [-0.3, -0.25) is 4.79 Å². The highest BCUT2D eigenvalue weighted by Gasteiger charge is 2.31. The molecule has 224 valence electrons. The summed E-state index contributed by atoms with van der Waals surface area (Å²) in [4.78, 5) is 13.1. The zero-order chi connectivity index (χ0) is 28.9. The number of ether oxygens (including phenoxy) is 3. The van der Waals surface area contributed by atoms with Crippen LogP contribution < -0.4 is 20.5 Å². The van der Waals surface area contributed by atoms with Crippen LogP contribution in [0.4, 0.5) is 0 Å². The Labute approximate surface area is 236 Å². The maximum absolute atomic E-state index is 13.1. The van der Waals surface area contributed by atoms with Crippen molar-refractivity contribution in [2.45, 2.75) is 103 Å². The fourth-order valence-electron chi connectivity index (χ4n) is 5.39. The van der Waals surface area contributed by atoms with Gasteiger partial charge in [0.1, 0.15) is 0 Å². The monoisotopic (exact) mass is 550 g/mol. The molecule has 0 heterocycles. The summed E-state index contributed by atoms with van der Waals surface area (Å²) in [6, 6.07) is 5.69. The summed E-state index contributed by atoms with van der Waals surface area (Å²) in [5.74, 6) is 1.79. The lowest BCUT2D eigenvalue weighted by atomic mass is 9.80. The van der Waals surface area contributed by atoms with Gasteiger partial charge < -0.3 is 35.5 Å². The normalized spacial score (nSPS) is 20.9. The number of hydrogen-bond acceptors (Lipinski definition) is 7. The van der Waals surface area contributed by atoms with Crippen molar-refractivity contribution >= 4 is 5.91 Å². The van der Waals surface area contributed by atoms with E-state index in [9.17, 15) is 15.0 Å². The van der Waals surface area contributed by atoms with E-state index in [2.05, 4.69) is 25.2 Å². The molecule has 1 fully saturated rings. The van der Waals surface area contributed by atoms with Crippen LogP contribution in [0.2, 0.25) is 0 Å². The van der Waals surface area contributed by atoms with Crippen LogP contribution >= 0.6 is 0 Å². The number of hydrogen-bond donors (Lipinski definition) is 4. The van der Waals surface area contributed by atoms with Crippen molar-refractivity contribution < 1.29 is 29.2 Å². The number of amides is 1. The highest BCUT2D eigenvalue weighted by molar-refractivity contribution is 5.79. The molecule has 1 amide bonds. The number of nitrogens with one attached hydrogen (secondary N) is 1. The van der Waals surface area contributed by atoms with Crippen LogP contribution in [-0.2, 0) is 16.0 Å². The smallest absolute Gasteiger partial charge is 0.223 e. The quantitative estimate of drug-likeness (QED) is 0.216. The summed E-state index contributed by atoms with van der Waals surface area (Å²) in [6.45, 7) is 9.58. The molecule has 0 spiro atoms. The fourth-order valence-corrected chi connectivity index (χ4v) is 5.39. The number of aliphatic hydroxyl groups is 2. The van der Waals surface area contributed by atoms with E-state index in [4.69, 9.17) is 19.9 Å². The zero-order valence-corrected chi connectivity index (χ0v) is 25.0. The van der Waals surface area contributed by atoms with Crippen molar-refractivity contribution in [2.24, 2.45) is 29.4 Å². The van der Waals surface area contributed by atoms with Crippen molar-refractivity contribution in [1.82, 2.24) is 5.32 Å². The van der Waals surface area contributed by atoms with E-state index in [1.807, 2.05) is 26.0 Å². The van der Waals surface area contributed by atoms with Crippen LogP contribution in [0, 0.1) is 23.7 Å². The van der Waals surface area contributed by atoms with Gasteiger partial charge >= 0.3 is 0 Å². The Morgan fingerprint density at radius 1 is 1.03 bits per heavy atom. The molecule has 2 rings (SSSR count). The Morgan fingerprint density at radius 3 is 2.31 bits per heavy atom. The topological polar surface area (TPSA) is 123 Å². The number of carbonyl (C=O) groups excluding carboxylic acids is 1. The van der Waals surface area contributed by atoms with E-state index in [0.29, 0.717) is 37.7 Å². The molecule has 0 bridgehead atoms. The predicted molar refractivity (Wildman–Crippen MR) is 155 cm³/mol. The molecule has 0 unspecified atom stereocenters. The molecule has 0 aromatic heterocycles. The molecule has 1 aliphatic rings. The number of nitrogens with two attached hydrogens (primary N) is 1. The van der Waals surface area contributed by atoms with Crippen LogP contribution in [0.1, 0.15) is 78.2 Å². The van der Waals surface area contributed by atoms with Crippen molar-refractivity contribution in [1.29, 1.82) is 0 Å². The van der Waals surface area contributed by atoms with Gasteiger partial charge in [0.25, 0.3) is 0 Å². The molecule has 1 saturated carbocycles. The lowest BCUT2D eigenvalue weighted by Gasteiger charge is -2.32. The van der Waals surface area contributed by atoms with Gasteiger partial charge in [-0.15, -0.1) is 0 Å². The van der Waals surface area contributed by atoms with Gasteiger partial charge in [0.15, 0.2) is 11.5 Å². The highest BCUT2D eigenvalue weighted by atomic mass is 16.5. The first-order valence-corrected chi connectivity index (χ1v) is 14.8. The molecular weight excluding hydrogens is 496 g/mol. The second kappa shape index (κ2) is 17.1. The first-order valence-electron chi connectivity index (χ1n) is 14.8. The van der Waals surface area contributed by atoms with Gasteiger partial charge in [-0.05, 0) is 80.4 Å². The van der Waals surface area contributed by atoms with E-state index in [1.165, 1.54) is 0 Å². The van der Waals surface area contributed by atoms with Gasteiger partial charge in [-0.2, -0.15) is 0 Å². The van der Waals surface area contributed by atoms with Gasteiger partial charge in [0.05, 0.1) is 25.9 Å². The average molecular weight is 551 g/mol. The summed E-state index contributed by atoms with van der Waals surface area (Å²) in [5, 5.41) is 24.0. The van der Waals surface area contributed by atoms with E-state index in [-0.39, 0.29) is 35.8 Å². The molecule has 1 aromatic rings. The maximum atomic E-state index is 13.1.